The van der Waals surface area contributed by atoms with Crippen LogP contribution in [0, 0.1) is 11.2 Å². The van der Waals surface area contributed by atoms with E-state index in [4.69, 9.17) is 11.6 Å². The Morgan fingerprint density at radius 1 is 1.25 bits per heavy atom. The highest BCUT2D eigenvalue weighted by atomic mass is 35.5. The molecule has 2 amide bonds. The van der Waals surface area contributed by atoms with E-state index in [2.05, 4.69) is 15.2 Å². The summed E-state index contributed by atoms with van der Waals surface area (Å²) in [5, 5.41) is 13.1. The van der Waals surface area contributed by atoms with Gasteiger partial charge in [-0.3, -0.25) is 9.59 Å². The number of imidazole rings is 1. The number of carbonyl (C=O) groups excluding carboxylic acids is 2. The summed E-state index contributed by atoms with van der Waals surface area (Å²) in [4.78, 5) is 35.6. The Morgan fingerprint density at radius 2 is 2.00 bits per heavy atom. The average molecular weight is 520 g/mol. The summed E-state index contributed by atoms with van der Waals surface area (Å²) in [6.07, 6.45) is 2.37. The maximum Gasteiger partial charge on any atom is 0.272 e. The molecule has 2 aromatic rings. The van der Waals surface area contributed by atoms with E-state index in [1.165, 1.54) is 18.2 Å². The molecule has 2 aliphatic rings. The molecule has 2 atom stereocenters. The number of aliphatic hydroxyl groups is 1. The van der Waals surface area contributed by atoms with Crippen molar-refractivity contribution in [3.8, 4) is 11.4 Å². The van der Waals surface area contributed by atoms with E-state index in [1.54, 1.807) is 4.90 Å². The fraction of sp³-hybridized carbons (Fsp3) is 0.577. The number of fused-ring (bicyclic) bond motifs is 1. The number of likely N-dealkylation sites (tertiary alicyclic amines) is 1. The number of aliphatic hydroxyl groups excluding tert-OH is 1. The lowest BCUT2D eigenvalue weighted by Gasteiger charge is -2.35. The van der Waals surface area contributed by atoms with Gasteiger partial charge in [-0.2, -0.15) is 0 Å². The Morgan fingerprint density at radius 3 is 2.69 bits per heavy atom. The third-order valence-corrected chi connectivity index (χ3v) is 7.29. The van der Waals surface area contributed by atoms with Crippen molar-refractivity contribution in [2.75, 3.05) is 26.7 Å². The average Bonchev–Trinajstić information content (AvgIpc) is 3.38. The summed E-state index contributed by atoms with van der Waals surface area (Å²) in [6.45, 7) is 8.00. The van der Waals surface area contributed by atoms with Gasteiger partial charge in [0.2, 0.25) is 5.91 Å². The minimum atomic E-state index is -0.815. The van der Waals surface area contributed by atoms with Crippen LogP contribution in [0.3, 0.4) is 0 Å². The number of benzene rings is 1. The van der Waals surface area contributed by atoms with Crippen LogP contribution >= 0.6 is 11.6 Å². The summed E-state index contributed by atoms with van der Waals surface area (Å²) < 4.78 is 16.7. The van der Waals surface area contributed by atoms with Crippen LogP contribution < -0.4 is 5.32 Å². The monoisotopic (exact) mass is 519 g/mol. The Kier molecular flexibility index (Phi) is 7.73. The molecule has 4 rings (SSSR count). The molecule has 0 aliphatic carbocycles. The van der Waals surface area contributed by atoms with Crippen molar-refractivity contribution < 1.29 is 19.1 Å². The van der Waals surface area contributed by atoms with Gasteiger partial charge in [0.05, 0.1) is 23.9 Å². The van der Waals surface area contributed by atoms with Crippen LogP contribution in [0.4, 0.5) is 4.39 Å². The van der Waals surface area contributed by atoms with Crippen molar-refractivity contribution in [2.24, 2.45) is 5.41 Å². The second-order valence-corrected chi connectivity index (χ2v) is 11.3. The van der Waals surface area contributed by atoms with Gasteiger partial charge in [-0.05, 0) is 56.5 Å². The molecule has 3 heterocycles. The van der Waals surface area contributed by atoms with Crippen LogP contribution in [0.1, 0.15) is 56.2 Å². The lowest BCUT2D eigenvalue weighted by atomic mass is 9.85. The number of nitrogens with zero attached hydrogens (tertiary/aromatic N) is 4. The number of nitrogens with one attached hydrogen (secondary N) is 1. The zero-order valence-corrected chi connectivity index (χ0v) is 22.1. The molecule has 196 valence electrons. The van der Waals surface area contributed by atoms with E-state index >= 15 is 0 Å². The molecule has 0 unspecified atom stereocenters. The van der Waals surface area contributed by atoms with Gasteiger partial charge in [-0.1, -0.05) is 32.4 Å². The van der Waals surface area contributed by atoms with E-state index in [9.17, 15) is 19.1 Å². The van der Waals surface area contributed by atoms with Crippen LogP contribution in [-0.2, 0) is 17.9 Å². The lowest BCUT2D eigenvalue weighted by molar-refractivity contribution is -0.137. The number of aromatic nitrogens is 2. The van der Waals surface area contributed by atoms with Crippen molar-refractivity contribution in [3.05, 3.63) is 40.4 Å². The van der Waals surface area contributed by atoms with Gasteiger partial charge in [0.15, 0.2) is 5.69 Å². The molecule has 0 bridgehead atoms. The second-order valence-electron chi connectivity index (χ2n) is 10.9. The zero-order valence-electron chi connectivity index (χ0n) is 21.4. The zero-order chi connectivity index (χ0) is 26.2. The number of hydrogen-bond donors (Lipinski definition) is 2. The molecule has 0 radical (unpaired) electrons. The molecule has 1 fully saturated rings. The highest BCUT2D eigenvalue weighted by molar-refractivity contribution is 6.30. The van der Waals surface area contributed by atoms with Crippen molar-refractivity contribution in [1.29, 1.82) is 0 Å². The molecule has 2 N–H and O–H groups in total. The summed E-state index contributed by atoms with van der Waals surface area (Å²) in [6, 6.07) is 3.24. The summed E-state index contributed by atoms with van der Waals surface area (Å²) in [7, 11) is 1.97. The molecule has 36 heavy (non-hydrogen) atoms. The predicted molar refractivity (Wildman–Crippen MR) is 136 cm³/mol. The Hall–Kier alpha value is -2.49. The number of amides is 2. The fourth-order valence-electron chi connectivity index (χ4n) is 5.11. The van der Waals surface area contributed by atoms with Crippen LogP contribution in [0.5, 0.6) is 0 Å². The summed E-state index contributed by atoms with van der Waals surface area (Å²) >= 11 is 6.16. The SMILES string of the molecule is CN1CCCn2c(-c3cc(Cl)ccc3F)nc(C(=O)N[C@H](C(=O)N3CCC[C@@H]3CO)C(C)(C)C)c2C1. The maximum absolute atomic E-state index is 14.8. The fourth-order valence-corrected chi connectivity index (χ4v) is 5.28. The molecule has 0 spiro atoms. The van der Waals surface area contributed by atoms with Gasteiger partial charge < -0.3 is 24.8 Å². The summed E-state index contributed by atoms with van der Waals surface area (Å²) in [5.74, 6) is -0.806. The number of halogens is 2. The molecule has 10 heteroatoms. The molecule has 1 aromatic heterocycles. The van der Waals surface area contributed by atoms with Gasteiger partial charge in [0.1, 0.15) is 17.7 Å². The quantitative estimate of drug-likeness (QED) is 0.632. The van der Waals surface area contributed by atoms with Crippen molar-refractivity contribution in [1.82, 2.24) is 24.7 Å². The minimum Gasteiger partial charge on any atom is -0.394 e. The van der Waals surface area contributed by atoms with E-state index in [0.29, 0.717) is 36.2 Å². The van der Waals surface area contributed by atoms with E-state index < -0.39 is 23.2 Å². The van der Waals surface area contributed by atoms with Crippen LogP contribution in [-0.4, -0.2) is 75.1 Å². The Labute approximate surface area is 216 Å². The van der Waals surface area contributed by atoms with Crippen LogP contribution in [0.15, 0.2) is 18.2 Å². The molecular weight excluding hydrogens is 485 g/mol. The first-order valence-electron chi connectivity index (χ1n) is 12.5. The number of rotatable bonds is 5. The van der Waals surface area contributed by atoms with Crippen molar-refractivity contribution in [2.45, 2.75) is 65.2 Å². The molecule has 0 saturated carbocycles. The first kappa shape index (κ1) is 26.6. The van der Waals surface area contributed by atoms with Crippen molar-refractivity contribution >= 4 is 23.4 Å². The van der Waals surface area contributed by atoms with Gasteiger partial charge in [0, 0.05) is 24.7 Å². The van der Waals surface area contributed by atoms with Gasteiger partial charge >= 0.3 is 0 Å². The first-order valence-corrected chi connectivity index (χ1v) is 12.8. The largest absolute Gasteiger partial charge is 0.394 e. The van der Waals surface area contributed by atoms with Gasteiger partial charge in [0.25, 0.3) is 5.91 Å². The van der Waals surface area contributed by atoms with E-state index in [-0.39, 0.29) is 29.8 Å². The number of hydrogen-bond acceptors (Lipinski definition) is 5. The molecule has 8 nitrogen and oxygen atoms in total. The van der Waals surface area contributed by atoms with Crippen LogP contribution in [0.25, 0.3) is 11.4 Å². The van der Waals surface area contributed by atoms with Gasteiger partial charge in [-0.15, -0.1) is 0 Å². The third kappa shape index (κ3) is 5.28. The second kappa shape index (κ2) is 10.5. The molecule has 1 saturated heterocycles. The minimum absolute atomic E-state index is 0.105. The molecular formula is C26H35ClFN5O3. The molecule has 2 aliphatic heterocycles. The Balaban J connectivity index is 1.73. The van der Waals surface area contributed by atoms with Crippen LogP contribution in [0.2, 0.25) is 5.02 Å². The maximum atomic E-state index is 14.8. The van der Waals surface area contributed by atoms with Gasteiger partial charge in [-0.25, -0.2) is 9.37 Å². The smallest absolute Gasteiger partial charge is 0.272 e. The predicted octanol–water partition coefficient (Wildman–Crippen LogP) is 3.31. The lowest BCUT2D eigenvalue weighted by Crippen LogP contribution is -2.56. The van der Waals surface area contributed by atoms with Crippen molar-refractivity contribution in [3.63, 3.8) is 0 Å². The molecule has 1 aromatic carbocycles. The Bertz CT molecular complexity index is 1150. The van der Waals surface area contributed by atoms with E-state index in [1.807, 2.05) is 32.4 Å². The first-order chi connectivity index (χ1) is 17.0. The standard InChI is InChI=1S/C26H35ClFN5O3/c1-26(2,3)22(25(36)32-11-5-7-17(32)15-34)30-24(35)21-20-14-31(4)10-6-12-33(20)23(29-21)18-13-16(27)8-9-19(18)28/h8-9,13,17,22,34H,5-7,10-12,14-15H2,1-4H3,(H,30,35)/t17-,22-/m1/s1. The highest BCUT2D eigenvalue weighted by Gasteiger charge is 2.40. The topological polar surface area (TPSA) is 90.7 Å². The number of carbonyl (C=O) groups is 2. The normalized spacial score (nSPS) is 19.6. The third-order valence-electron chi connectivity index (χ3n) is 7.06. The summed E-state index contributed by atoms with van der Waals surface area (Å²) in [5.41, 5.74) is 0.514. The highest BCUT2D eigenvalue weighted by Crippen LogP contribution is 2.31. The van der Waals surface area contributed by atoms with E-state index in [0.717, 1.165) is 25.8 Å².